The molecule has 2 aromatic heterocycles. The van der Waals surface area contributed by atoms with Crippen LogP contribution in [-0.4, -0.2) is 43.9 Å². The van der Waals surface area contributed by atoms with E-state index in [0.29, 0.717) is 6.54 Å². The quantitative estimate of drug-likeness (QED) is 0.772. The first-order chi connectivity index (χ1) is 11.1. The molecule has 0 aliphatic rings. The van der Waals surface area contributed by atoms with Crippen LogP contribution in [0.15, 0.2) is 39.6 Å². The van der Waals surface area contributed by atoms with Gasteiger partial charge in [0.05, 0.1) is 12.3 Å². The minimum absolute atomic E-state index is 0.0909. The van der Waals surface area contributed by atoms with Gasteiger partial charge in [-0.15, -0.1) is 0 Å². The van der Waals surface area contributed by atoms with Gasteiger partial charge in [-0.05, 0) is 48.6 Å². The van der Waals surface area contributed by atoms with E-state index < -0.39 is 0 Å². The lowest BCUT2D eigenvalue weighted by Crippen LogP contribution is -2.36. The monoisotopic (exact) mass is 335 g/mol. The third-order valence-electron chi connectivity index (χ3n) is 3.43. The van der Waals surface area contributed by atoms with Crippen molar-refractivity contribution in [2.24, 2.45) is 0 Å². The molecule has 0 aliphatic heterocycles. The largest absolute Gasteiger partial charge is 0.459 e. The van der Waals surface area contributed by atoms with E-state index in [4.69, 9.17) is 4.42 Å². The number of furan rings is 1. The molecule has 23 heavy (non-hydrogen) atoms. The number of likely N-dealkylation sites (N-methyl/N-ethyl adjacent to an activating group) is 1. The Balaban J connectivity index is 1.71. The second kappa shape index (κ2) is 8.50. The molecule has 2 heterocycles. The van der Waals surface area contributed by atoms with Crippen LogP contribution in [0, 0.1) is 0 Å². The van der Waals surface area contributed by atoms with Crippen molar-refractivity contribution in [1.29, 1.82) is 0 Å². The second-order valence-electron chi connectivity index (χ2n) is 5.32. The van der Waals surface area contributed by atoms with Gasteiger partial charge in [-0.2, -0.15) is 11.3 Å². The molecular formula is C16H21N3O3S. The highest BCUT2D eigenvalue weighted by molar-refractivity contribution is 7.07. The van der Waals surface area contributed by atoms with Crippen LogP contribution < -0.4 is 10.6 Å². The van der Waals surface area contributed by atoms with Gasteiger partial charge in [0.25, 0.3) is 5.91 Å². The molecule has 2 N–H and O–H groups in total. The van der Waals surface area contributed by atoms with Crippen molar-refractivity contribution in [3.63, 3.8) is 0 Å². The summed E-state index contributed by atoms with van der Waals surface area (Å²) in [5.41, 5.74) is 1.19. The van der Waals surface area contributed by atoms with Crippen LogP contribution in [0.4, 0.5) is 0 Å². The summed E-state index contributed by atoms with van der Waals surface area (Å²) in [7, 11) is 3.97. The summed E-state index contributed by atoms with van der Waals surface area (Å²) in [6, 6.07) is 5.43. The van der Waals surface area contributed by atoms with Crippen molar-refractivity contribution >= 4 is 23.2 Å². The first-order valence-corrected chi connectivity index (χ1v) is 8.29. The molecule has 2 rings (SSSR count). The van der Waals surface area contributed by atoms with Crippen LogP contribution in [0.5, 0.6) is 0 Å². The number of carbonyl (C=O) groups excluding carboxylic acids is 2. The standard InChI is InChI=1S/C16H21N3O3S/c1-19(2)13(12-6-9-23-11-12)10-18-15(20)5-7-17-16(21)14-4-3-8-22-14/h3-4,6,8-9,11,13H,5,7,10H2,1-2H3,(H,17,21)(H,18,20). The van der Waals surface area contributed by atoms with Gasteiger partial charge < -0.3 is 20.0 Å². The zero-order valence-corrected chi connectivity index (χ0v) is 14.1. The van der Waals surface area contributed by atoms with Crippen LogP contribution in [-0.2, 0) is 4.79 Å². The first-order valence-electron chi connectivity index (χ1n) is 7.35. The fourth-order valence-corrected chi connectivity index (χ4v) is 2.85. The maximum atomic E-state index is 11.9. The van der Waals surface area contributed by atoms with Crippen LogP contribution in [0.2, 0.25) is 0 Å². The fourth-order valence-electron chi connectivity index (χ4n) is 2.15. The van der Waals surface area contributed by atoms with E-state index in [1.807, 2.05) is 19.5 Å². The van der Waals surface area contributed by atoms with Crippen molar-refractivity contribution < 1.29 is 14.0 Å². The summed E-state index contributed by atoms with van der Waals surface area (Å²) in [4.78, 5) is 25.6. The Morgan fingerprint density at radius 2 is 2.13 bits per heavy atom. The van der Waals surface area contributed by atoms with Crippen molar-refractivity contribution in [3.8, 4) is 0 Å². The Labute approximate surface area is 139 Å². The topological polar surface area (TPSA) is 74.6 Å². The highest BCUT2D eigenvalue weighted by Gasteiger charge is 2.15. The molecule has 0 saturated heterocycles. The number of carbonyl (C=O) groups is 2. The van der Waals surface area contributed by atoms with Gasteiger partial charge in [0.15, 0.2) is 5.76 Å². The van der Waals surface area contributed by atoms with E-state index in [1.54, 1.807) is 23.5 Å². The second-order valence-corrected chi connectivity index (χ2v) is 6.10. The predicted octanol–water partition coefficient (Wildman–Crippen LogP) is 1.88. The minimum Gasteiger partial charge on any atom is -0.459 e. The van der Waals surface area contributed by atoms with Crippen LogP contribution in [0.25, 0.3) is 0 Å². The third kappa shape index (κ3) is 5.22. The molecule has 0 saturated carbocycles. The smallest absolute Gasteiger partial charge is 0.286 e. The molecule has 7 heteroatoms. The fraction of sp³-hybridized carbons (Fsp3) is 0.375. The molecule has 2 aromatic rings. The maximum absolute atomic E-state index is 11.9. The Kier molecular flexibility index (Phi) is 6.37. The number of amides is 2. The minimum atomic E-state index is -0.313. The van der Waals surface area contributed by atoms with Gasteiger partial charge in [0.1, 0.15) is 0 Å². The van der Waals surface area contributed by atoms with E-state index in [1.165, 1.54) is 11.8 Å². The number of hydrogen-bond donors (Lipinski definition) is 2. The van der Waals surface area contributed by atoms with Crippen molar-refractivity contribution in [3.05, 3.63) is 46.5 Å². The molecule has 0 bridgehead atoms. The molecule has 6 nitrogen and oxygen atoms in total. The Morgan fingerprint density at radius 1 is 1.30 bits per heavy atom. The van der Waals surface area contributed by atoms with Gasteiger partial charge in [0.2, 0.25) is 5.91 Å². The summed E-state index contributed by atoms with van der Waals surface area (Å²) >= 11 is 1.64. The number of nitrogens with one attached hydrogen (secondary N) is 2. The molecular weight excluding hydrogens is 314 g/mol. The van der Waals surface area contributed by atoms with Gasteiger partial charge in [-0.25, -0.2) is 0 Å². The summed E-state index contributed by atoms with van der Waals surface area (Å²) in [5, 5.41) is 9.67. The predicted molar refractivity (Wildman–Crippen MR) is 89.4 cm³/mol. The van der Waals surface area contributed by atoms with Crippen LogP contribution >= 0.6 is 11.3 Å². The summed E-state index contributed by atoms with van der Waals surface area (Å²) in [5.74, 6) is -0.158. The van der Waals surface area contributed by atoms with E-state index in [0.717, 1.165) is 0 Å². The number of nitrogens with zero attached hydrogens (tertiary/aromatic N) is 1. The van der Waals surface area contributed by atoms with Crippen LogP contribution in [0.3, 0.4) is 0 Å². The highest BCUT2D eigenvalue weighted by Crippen LogP contribution is 2.19. The number of hydrogen-bond acceptors (Lipinski definition) is 5. The van der Waals surface area contributed by atoms with E-state index in [-0.39, 0.29) is 36.6 Å². The highest BCUT2D eigenvalue weighted by atomic mass is 32.1. The van der Waals surface area contributed by atoms with Gasteiger partial charge in [-0.1, -0.05) is 0 Å². The molecule has 1 unspecified atom stereocenters. The number of rotatable bonds is 8. The number of thiophene rings is 1. The molecule has 0 spiro atoms. The summed E-state index contributed by atoms with van der Waals surface area (Å²) in [6.07, 6.45) is 1.67. The molecule has 1 atom stereocenters. The lowest BCUT2D eigenvalue weighted by Gasteiger charge is -2.24. The van der Waals surface area contributed by atoms with E-state index >= 15 is 0 Å². The molecule has 0 fully saturated rings. The lowest BCUT2D eigenvalue weighted by atomic mass is 10.1. The molecule has 0 radical (unpaired) electrons. The summed E-state index contributed by atoms with van der Waals surface area (Å²) in [6.45, 7) is 0.811. The molecule has 0 aromatic carbocycles. The van der Waals surface area contributed by atoms with Crippen molar-refractivity contribution in [2.75, 3.05) is 27.2 Å². The van der Waals surface area contributed by atoms with Crippen molar-refractivity contribution in [2.45, 2.75) is 12.5 Å². The lowest BCUT2D eigenvalue weighted by molar-refractivity contribution is -0.121. The van der Waals surface area contributed by atoms with Crippen molar-refractivity contribution in [1.82, 2.24) is 15.5 Å². The van der Waals surface area contributed by atoms with Gasteiger partial charge in [0, 0.05) is 19.5 Å². The first kappa shape index (κ1) is 17.2. The SMILES string of the molecule is CN(C)C(CNC(=O)CCNC(=O)c1ccco1)c1ccsc1. The Morgan fingerprint density at radius 3 is 2.74 bits per heavy atom. The Hall–Kier alpha value is -2.12. The average Bonchev–Trinajstić information content (AvgIpc) is 3.20. The Bertz CT molecular complexity index is 609. The zero-order chi connectivity index (χ0) is 16.7. The van der Waals surface area contributed by atoms with E-state index in [2.05, 4.69) is 27.0 Å². The zero-order valence-electron chi connectivity index (χ0n) is 13.2. The third-order valence-corrected chi connectivity index (χ3v) is 4.13. The van der Waals surface area contributed by atoms with Gasteiger partial charge >= 0.3 is 0 Å². The average molecular weight is 335 g/mol. The van der Waals surface area contributed by atoms with E-state index in [9.17, 15) is 9.59 Å². The molecule has 2 amide bonds. The van der Waals surface area contributed by atoms with Gasteiger partial charge in [-0.3, -0.25) is 9.59 Å². The molecule has 0 aliphatic carbocycles. The normalized spacial score (nSPS) is 12.1. The van der Waals surface area contributed by atoms with Crippen LogP contribution in [0.1, 0.15) is 28.6 Å². The maximum Gasteiger partial charge on any atom is 0.286 e. The molecule has 124 valence electrons. The summed E-state index contributed by atoms with van der Waals surface area (Å²) < 4.78 is 4.98.